The number of hydrogen-bond donors (Lipinski definition) is 2. The summed E-state index contributed by atoms with van der Waals surface area (Å²) in [5.74, 6) is -0.350. The van der Waals surface area contributed by atoms with Gasteiger partial charge in [0.25, 0.3) is 5.91 Å². The SMILES string of the molecule is COc1ccc(-c2noc(C(=O)NCCNC(=O)c3ccc(F)cc3)n2)cc1OC. The Bertz CT molecular complexity index is 1040. The van der Waals surface area contributed by atoms with E-state index in [2.05, 4.69) is 20.8 Å². The molecule has 0 saturated carbocycles. The molecule has 0 bridgehead atoms. The number of benzene rings is 2. The number of methoxy groups -OCH3 is 2. The molecular formula is C20H19FN4O5. The van der Waals surface area contributed by atoms with E-state index in [9.17, 15) is 14.0 Å². The third-order valence-corrected chi connectivity index (χ3v) is 4.06. The zero-order chi connectivity index (χ0) is 21.5. The summed E-state index contributed by atoms with van der Waals surface area (Å²) < 4.78 is 28.3. The first-order valence-corrected chi connectivity index (χ1v) is 8.90. The van der Waals surface area contributed by atoms with E-state index in [1.165, 1.54) is 38.5 Å². The second-order valence-electron chi connectivity index (χ2n) is 6.01. The van der Waals surface area contributed by atoms with Crippen LogP contribution in [0.5, 0.6) is 11.5 Å². The van der Waals surface area contributed by atoms with E-state index < -0.39 is 11.7 Å². The molecule has 156 valence electrons. The molecule has 2 amide bonds. The minimum absolute atomic E-state index is 0.139. The van der Waals surface area contributed by atoms with Gasteiger partial charge in [0, 0.05) is 24.2 Å². The average molecular weight is 414 g/mol. The molecule has 1 aromatic heterocycles. The molecule has 0 spiro atoms. The van der Waals surface area contributed by atoms with Crippen LogP contribution in [-0.4, -0.2) is 49.3 Å². The number of nitrogens with one attached hydrogen (secondary N) is 2. The van der Waals surface area contributed by atoms with Crippen LogP contribution in [0.1, 0.15) is 21.0 Å². The molecule has 0 saturated heterocycles. The highest BCUT2D eigenvalue weighted by molar-refractivity contribution is 5.94. The van der Waals surface area contributed by atoms with Gasteiger partial charge in [-0.3, -0.25) is 9.59 Å². The monoisotopic (exact) mass is 414 g/mol. The highest BCUT2D eigenvalue weighted by atomic mass is 19.1. The van der Waals surface area contributed by atoms with Gasteiger partial charge in [0.15, 0.2) is 11.5 Å². The molecule has 0 aliphatic heterocycles. The minimum atomic E-state index is -0.578. The first-order chi connectivity index (χ1) is 14.5. The largest absolute Gasteiger partial charge is 0.493 e. The molecule has 9 nitrogen and oxygen atoms in total. The van der Waals surface area contributed by atoms with Crippen molar-refractivity contribution in [3.8, 4) is 22.9 Å². The number of carbonyl (C=O) groups excluding carboxylic acids is 2. The summed E-state index contributed by atoms with van der Waals surface area (Å²) in [6.07, 6.45) is 0. The maximum Gasteiger partial charge on any atom is 0.316 e. The van der Waals surface area contributed by atoms with Gasteiger partial charge in [0.1, 0.15) is 5.82 Å². The van der Waals surface area contributed by atoms with Gasteiger partial charge in [-0.1, -0.05) is 5.16 Å². The summed E-state index contributed by atoms with van der Waals surface area (Å²) in [6.45, 7) is 0.304. The van der Waals surface area contributed by atoms with Crippen LogP contribution < -0.4 is 20.1 Å². The molecule has 2 aromatic carbocycles. The van der Waals surface area contributed by atoms with Crippen molar-refractivity contribution < 1.29 is 28.0 Å². The number of carbonyl (C=O) groups is 2. The highest BCUT2D eigenvalue weighted by Crippen LogP contribution is 2.31. The van der Waals surface area contributed by atoms with E-state index in [0.717, 1.165) is 0 Å². The van der Waals surface area contributed by atoms with Crippen LogP contribution in [0.25, 0.3) is 11.4 Å². The Morgan fingerprint density at radius 2 is 1.63 bits per heavy atom. The van der Waals surface area contributed by atoms with Gasteiger partial charge in [0.05, 0.1) is 14.2 Å². The number of amides is 2. The molecule has 0 aliphatic rings. The van der Waals surface area contributed by atoms with E-state index in [1.807, 2.05) is 0 Å². The predicted molar refractivity (Wildman–Crippen MR) is 104 cm³/mol. The first-order valence-electron chi connectivity index (χ1n) is 8.90. The Kier molecular flexibility index (Phi) is 6.58. The lowest BCUT2D eigenvalue weighted by molar-refractivity contribution is 0.0898. The van der Waals surface area contributed by atoms with Gasteiger partial charge in [-0.25, -0.2) is 4.39 Å². The average Bonchev–Trinajstić information content (AvgIpc) is 3.27. The normalized spacial score (nSPS) is 10.4. The third-order valence-electron chi connectivity index (χ3n) is 4.06. The molecule has 10 heteroatoms. The molecule has 1 heterocycles. The van der Waals surface area contributed by atoms with Crippen molar-refractivity contribution in [2.45, 2.75) is 0 Å². The van der Waals surface area contributed by atoms with Gasteiger partial charge in [-0.15, -0.1) is 0 Å². The van der Waals surface area contributed by atoms with Crippen LogP contribution in [0.2, 0.25) is 0 Å². The fourth-order valence-corrected chi connectivity index (χ4v) is 2.54. The Morgan fingerprint density at radius 1 is 0.967 bits per heavy atom. The van der Waals surface area contributed by atoms with Crippen LogP contribution in [0.4, 0.5) is 4.39 Å². The maximum absolute atomic E-state index is 12.9. The van der Waals surface area contributed by atoms with E-state index >= 15 is 0 Å². The van der Waals surface area contributed by atoms with Crippen LogP contribution in [-0.2, 0) is 0 Å². The summed E-state index contributed by atoms with van der Waals surface area (Å²) in [7, 11) is 3.03. The summed E-state index contributed by atoms with van der Waals surface area (Å²) in [5.41, 5.74) is 0.904. The van der Waals surface area contributed by atoms with E-state index in [4.69, 9.17) is 14.0 Å². The molecule has 0 radical (unpaired) electrons. The lowest BCUT2D eigenvalue weighted by Gasteiger charge is -2.07. The number of rotatable bonds is 8. The van der Waals surface area contributed by atoms with E-state index in [1.54, 1.807) is 18.2 Å². The van der Waals surface area contributed by atoms with Crippen molar-refractivity contribution in [3.63, 3.8) is 0 Å². The van der Waals surface area contributed by atoms with Crippen LogP contribution in [0, 0.1) is 5.82 Å². The standard InChI is InChI=1S/C20H19FN4O5/c1-28-15-8-5-13(11-16(15)29-2)17-24-20(30-25-17)19(27)23-10-9-22-18(26)12-3-6-14(21)7-4-12/h3-8,11H,9-10H2,1-2H3,(H,22,26)(H,23,27). The Balaban J connectivity index is 1.53. The summed E-state index contributed by atoms with van der Waals surface area (Å²) in [4.78, 5) is 28.2. The van der Waals surface area contributed by atoms with Crippen molar-refractivity contribution >= 4 is 11.8 Å². The zero-order valence-electron chi connectivity index (χ0n) is 16.3. The number of ether oxygens (including phenoxy) is 2. The number of nitrogens with zero attached hydrogens (tertiary/aromatic N) is 2. The second-order valence-corrected chi connectivity index (χ2v) is 6.01. The van der Waals surface area contributed by atoms with E-state index in [-0.39, 0.29) is 30.7 Å². The van der Waals surface area contributed by atoms with Crippen molar-refractivity contribution in [1.29, 1.82) is 0 Å². The fraction of sp³-hybridized carbons (Fsp3) is 0.200. The second kappa shape index (κ2) is 9.50. The molecule has 3 aromatic rings. The summed E-state index contributed by atoms with van der Waals surface area (Å²) in [6, 6.07) is 10.2. The quantitative estimate of drug-likeness (QED) is 0.542. The van der Waals surface area contributed by atoms with Gasteiger partial charge >= 0.3 is 11.8 Å². The molecule has 2 N–H and O–H groups in total. The highest BCUT2D eigenvalue weighted by Gasteiger charge is 2.17. The van der Waals surface area contributed by atoms with Crippen molar-refractivity contribution in [2.24, 2.45) is 0 Å². The smallest absolute Gasteiger partial charge is 0.316 e. The van der Waals surface area contributed by atoms with Crippen LogP contribution in [0.15, 0.2) is 47.0 Å². The molecule has 30 heavy (non-hydrogen) atoms. The minimum Gasteiger partial charge on any atom is -0.493 e. The lowest BCUT2D eigenvalue weighted by Crippen LogP contribution is -2.34. The van der Waals surface area contributed by atoms with Crippen LogP contribution in [0.3, 0.4) is 0 Å². The van der Waals surface area contributed by atoms with Gasteiger partial charge in [-0.2, -0.15) is 4.98 Å². The van der Waals surface area contributed by atoms with Crippen molar-refractivity contribution in [1.82, 2.24) is 20.8 Å². The summed E-state index contributed by atoms with van der Waals surface area (Å²) >= 11 is 0. The molecular weight excluding hydrogens is 395 g/mol. The topological polar surface area (TPSA) is 116 Å². The maximum atomic E-state index is 12.9. The summed E-state index contributed by atoms with van der Waals surface area (Å²) in [5, 5.41) is 8.98. The fourth-order valence-electron chi connectivity index (χ4n) is 2.54. The first kappa shape index (κ1) is 20.8. The Morgan fingerprint density at radius 3 is 2.30 bits per heavy atom. The zero-order valence-corrected chi connectivity index (χ0v) is 16.3. The molecule has 0 fully saturated rings. The lowest BCUT2D eigenvalue weighted by atomic mass is 10.2. The predicted octanol–water partition coefficient (Wildman–Crippen LogP) is 2.05. The molecule has 3 rings (SSSR count). The number of aromatic nitrogens is 2. The van der Waals surface area contributed by atoms with Gasteiger partial charge in [-0.05, 0) is 42.5 Å². The Labute approximate surface area is 171 Å². The van der Waals surface area contributed by atoms with E-state index in [0.29, 0.717) is 22.6 Å². The number of hydrogen-bond acceptors (Lipinski definition) is 7. The third kappa shape index (κ3) is 4.90. The molecule has 0 aliphatic carbocycles. The van der Waals surface area contributed by atoms with Crippen LogP contribution >= 0.6 is 0 Å². The van der Waals surface area contributed by atoms with Crippen molar-refractivity contribution in [2.75, 3.05) is 27.3 Å². The van der Waals surface area contributed by atoms with Crippen molar-refractivity contribution in [3.05, 3.63) is 59.7 Å². The Hall–Kier alpha value is -3.95. The molecule has 0 unspecified atom stereocenters. The number of halogens is 1. The van der Waals surface area contributed by atoms with Gasteiger partial charge in [0.2, 0.25) is 5.82 Å². The molecule has 0 atom stereocenters. The van der Waals surface area contributed by atoms with Gasteiger partial charge < -0.3 is 24.6 Å².